The van der Waals surface area contributed by atoms with Crippen molar-refractivity contribution in [3.8, 4) is 0 Å². The lowest BCUT2D eigenvalue weighted by atomic mass is 9.69. The van der Waals surface area contributed by atoms with E-state index in [-0.39, 0.29) is 27.1 Å². The number of nitrogens with zero attached hydrogens (tertiary/aromatic N) is 6. The maximum Gasteiger partial charge on any atom is 0.0540 e. The first-order valence-corrected chi connectivity index (χ1v) is 49.9. The molecular weight excluding hydrogens is 1810 g/mol. The average molecular weight is 1910 g/mol. The summed E-state index contributed by atoms with van der Waals surface area (Å²) in [5.41, 5.74) is 48.9. The Hall–Kier alpha value is -14.8. The van der Waals surface area contributed by atoms with Gasteiger partial charge in [0.15, 0.2) is 0 Å². The topological polar surface area (TPSA) is 19.4 Å². The van der Waals surface area contributed by atoms with E-state index in [1.807, 2.05) is 0 Å². The van der Waals surface area contributed by atoms with Crippen molar-refractivity contribution >= 4 is 157 Å². The average Bonchev–Trinajstić information content (AvgIpc) is 0.706. The standard InChI is InChI=1S/C72H60N4.C42H32Br2N2.C16H16/c1-70(2,3)47-40-42-48(43-41-47)73-60-32-16-8-24-52(60)68(53-25-9-17-33-61(53)73)69-54-26-10-18-34-62(54)74(63-35-19-11-27-55(63)69)49-44-50(75-64-36-20-12-28-56(64)71(4,5)57-29-13-21-37-65(57)75)46-51(45-49)76-66-38-22-14-30-58(66)72(6,7)59-31-15-23-39-67(59)76;1-42(2,3)27-20-22-30(23-21-27)45-36-16-8-4-12-32(36)40(33-13-5-9-17-37(33)45)41-34-14-6-10-18-38(34)46(39-19-11-7-15-35(39)41)31-25-28(43)24-29(44)26-31;1-16(2)14-9-5-3-7-12(14)11-13-8-4-6-10-15(13)16/h8-46H,1-7H3;4-26H,1-3H3;3-10H,11H2,1-2H3. The van der Waals surface area contributed by atoms with E-state index >= 15 is 0 Å². The number of para-hydroxylation sites is 12. The molecule has 8 heteroatoms. The molecule has 0 amide bonds. The van der Waals surface area contributed by atoms with Gasteiger partial charge in [-0.05, 0) is 206 Å². The summed E-state index contributed by atoms with van der Waals surface area (Å²) in [6.45, 7) is 27.8. The summed E-state index contributed by atoms with van der Waals surface area (Å²) in [7, 11) is 0. The van der Waals surface area contributed by atoms with Crippen molar-refractivity contribution in [2.24, 2.45) is 0 Å². The van der Waals surface area contributed by atoms with E-state index in [0.717, 1.165) is 83.6 Å². The molecule has 0 spiro atoms. The molecule has 0 unspecified atom stereocenters. The molecule has 672 valence electrons. The number of benzene rings is 18. The lowest BCUT2D eigenvalue weighted by Gasteiger charge is -2.44. The second kappa shape index (κ2) is 33.9. The Morgan fingerprint density at radius 3 is 0.609 bits per heavy atom. The molecule has 18 aromatic carbocycles. The highest BCUT2D eigenvalue weighted by Gasteiger charge is 2.44. The van der Waals surface area contributed by atoms with Crippen LogP contribution in [0.5, 0.6) is 0 Å². The molecular formula is C130H108Br2N6. The molecule has 0 aromatic heterocycles. The van der Waals surface area contributed by atoms with Crippen LogP contribution in [0.15, 0.2) is 434 Å². The van der Waals surface area contributed by atoms with Crippen molar-refractivity contribution in [3.63, 3.8) is 0 Å². The molecule has 18 aromatic rings. The van der Waals surface area contributed by atoms with Gasteiger partial charge < -0.3 is 29.4 Å². The lowest BCUT2D eigenvalue weighted by molar-refractivity contribution is 0.590. The highest BCUT2D eigenvalue weighted by atomic mass is 79.9. The van der Waals surface area contributed by atoms with Gasteiger partial charge in [-0.2, -0.15) is 0 Å². The van der Waals surface area contributed by atoms with Gasteiger partial charge in [0.2, 0.25) is 0 Å². The fraction of sp³-hybridized carbons (Fsp3) is 0.138. The third-order valence-electron chi connectivity index (χ3n) is 29.6. The quantitative estimate of drug-likeness (QED) is 0.164. The Labute approximate surface area is 829 Å². The number of anilines is 18. The van der Waals surface area contributed by atoms with Crippen LogP contribution in [0.3, 0.4) is 0 Å². The van der Waals surface area contributed by atoms with Crippen molar-refractivity contribution in [2.45, 2.75) is 117 Å². The highest BCUT2D eigenvalue weighted by molar-refractivity contribution is 9.11. The van der Waals surface area contributed by atoms with Crippen LogP contribution in [0.1, 0.15) is 183 Å². The number of fused-ring (bicyclic) bond motifs is 14. The molecule has 0 atom stereocenters. The van der Waals surface area contributed by atoms with Gasteiger partial charge >= 0.3 is 0 Å². The minimum atomic E-state index is -0.209. The minimum absolute atomic E-state index is 0.0512. The summed E-state index contributed by atoms with van der Waals surface area (Å²) in [5.74, 6) is 0. The van der Waals surface area contributed by atoms with Crippen LogP contribution in [0, 0.1) is 0 Å². The summed E-state index contributed by atoms with van der Waals surface area (Å²) < 4.78 is 2.06. The van der Waals surface area contributed by atoms with Gasteiger partial charge in [-0.15, -0.1) is 0 Å². The van der Waals surface area contributed by atoms with E-state index < -0.39 is 0 Å². The summed E-state index contributed by atoms with van der Waals surface area (Å²) >= 11 is 7.48. The number of hydrogen-bond donors (Lipinski definition) is 0. The Kier molecular flexibility index (Phi) is 21.4. The predicted molar refractivity (Wildman–Crippen MR) is 589 cm³/mol. The minimum Gasteiger partial charge on any atom is -0.310 e. The molecule has 6 heterocycles. The smallest absolute Gasteiger partial charge is 0.0540 e. The van der Waals surface area contributed by atoms with E-state index in [2.05, 4.69) is 569 Å². The van der Waals surface area contributed by atoms with Gasteiger partial charge in [-0.1, -0.05) is 406 Å². The molecule has 6 nitrogen and oxygen atoms in total. The molecule has 0 radical (unpaired) electrons. The summed E-state index contributed by atoms with van der Waals surface area (Å²) in [6.07, 6.45) is 1.08. The fourth-order valence-corrected chi connectivity index (χ4v) is 24.3. The third kappa shape index (κ3) is 14.5. The van der Waals surface area contributed by atoms with Crippen LogP contribution in [-0.2, 0) is 33.5 Å². The SMILES string of the molecule is CC(C)(C)c1ccc(N2c3ccccc3C(=C3c4ccccc4N(c4cc(Br)cc(Br)c4)c4ccccc43)c3ccccc32)cc1.CC(C)(C)c1ccc(N2c3ccccc3C(=C3c4ccccc4N(c4cc(N5c6ccccc6C(C)(C)c6ccccc65)cc(N5c6ccccc6C(C)(C)c6ccccc65)c4)c4ccccc43)c3ccccc32)cc1.CC1(C)c2ccccc2Cc2ccccc21. The number of rotatable bonds is 6. The Balaban J connectivity index is 0.000000144. The summed E-state index contributed by atoms with van der Waals surface area (Å²) in [6, 6.07) is 157. The largest absolute Gasteiger partial charge is 0.310 e. The molecule has 25 rings (SSSR count). The Morgan fingerprint density at radius 1 is 0.188 bits per heavy atom. The normalized spacial score (nSPS) is 14.9. The van der Waals surface area contributed by atoms with Crippen molar-refractivity contribution in [1.82, 2.24) is 0 Å². The van der Waals surface area contributed by atoms with Gasteiger partial charge in [0.1, 0.15) is 0 Å². The van der Waals surface area contributed by atoms with E-state index in [1.165, 1.54) is 157 Å². The fourth-order valence-electron chi connectivity index (χ4n) is 23.0. The van der Waals surface area contributed by atoms with Gasteiger partial charge in [-0.25, -0.2) is 0 Å². The second-order valence-corrected chi connectivity index (χ2v) is 42.8. The molecule has 1 aliphatic carbocycles. The van der Waals surface area contributed by atoms with Crippen LogP contribution < -0.4 is 29.4 Å². The molecule has 0 saturated heterocycles. The lowest BCUT2D eigenvalue weighted by Crippen LogP contribution is -2.31. The van der Waals surface area contributed by atoms with Crippen molar-refractivity contribution in [3.05, 3.63) is 534 Å². The zero-order valence-electron chi connectivity index (χ0n) is 80.1. The maximum absolute atomic E-state index is 3.74. The number of hydrogen-bond acceptors (Lipinski definition) is 6. The first kappa shape index (κ1) is 87.3. The van der Waals surface area contributed by atoms with Crippen LogP contribution >= 0.6 is 31.9 Å². The predicted octanol–water partition coefficient (Wildman–Crippen LogP) is 36.8. The van der Waals surface area contributed by atoms with E-state index in [4.69, 9.17) is 0 Å². The van der Waals surface area contributed by atoms with E-state index in [1.54, 1.807) is 0 Å². The summed E-state index contributed by atoms with van der Waals surface area (Å²) in [4.78, 5) is 14.8. The van der Waals surface area contributed by atoms with E-state index in [9.17, 15) is 0 Å². The number of halogens is 2. The first-order chi connectivity index (χ1) is 66.9. The van der Waals surface area contributed by atoms with Crippen molar-refractivity contribution in [1.29, 1.82) is 0 Å². The third-order valence-corrected chi connectivity index (χ3v) is 30.5. The first-order valence-electron chi connectivity index (χ1n) is 48.3. The zero-order valence-corrected chi connectivity index (χ0v) is 83.2. The van der Waals surface area contributed by atoms with Gasteiger partial charge in [-0.3, -0.25) is 0 Å². The molecule has 7 aliphatic rings. The Bertz CT molecular complexity index is 7500. The summed E-state index contributed by atoms with van der Waals surface area (Å²) in [5, 5.41) is 0. The molecule has 138 heavy (non-hydrogen) atoms. The highest BCUT2D eigenvalue weighted by Crippen LogP contribution is 2.63. The van der Waals surface area contributed by atoms with Gasteiger partial charge in [0.05, 0.1) is 85.3 Å². The second-order valence-electron chi connectivity index (χ2n) is 41.0. The Morgan fingerprint density at radius 2 is 0.370 bits per heavy atom. The van der Waals surface area contributed by atoms with Gasteiger partial charge in [0, 0.05) is 109 Å². The molecule has 0 bridgehead atoms. The van der Waals surface area contributed by atoms with Crippen LogP contribution in [0.4, 0.5) is 102 Å². The molecule has 0 fully saturated rings. The van der Waals surface area contributed by atoms with Crippen molar-refractivity contribution in [2.75, 3.05) is 29.4 Å². The zero-order chi connectivity index (χ0) is 94.4. The van der Waals surface area contributed by atoms with Gasteiger partial charge in [0.25, 0.3) is 0 Å². The maximum atomic E-state index is 3.74. The van der Waals surface area contributed by atoms with Crippen LogP contribution in [0.2, 0.25) is 0 Å². The van der Waals surface area contributed by atoms with E-state index in [0.29, 0.717) is 0 Å². The van der Waals surface area contributed by atoms with Crippen molar-refractivity contribution < 1.29 is 0 Å². The molecule has 6 aliphatic heterocycles. The molecule has 0 saturated carbocycles. The van der Waals surface area contributed by atoms with Crippen LogP contribution in [0.25, 0.3) is 22.3 Å². The van der Waals surface area contributed by atoms with Crippen LogP contribution in [-0.4, -0.2) is 0 Å². The molecule has 0 N–H and O–H groups in total. The monoisotopic (exact) mass is 1910 g/mol.